The average Bonchev–Trinajstić information content (AvgIpc) is 2.94. The monoisotopic (exact) mass is 386 g/mol. The molecule has 2 amide bonds. The number of halogens is 1. The third-order valence-corrected chi connectivity index (χ3v) is 4.81. The predicted molar refractivity (Wildman–Crippen MR) is 99.1 cm³/mol. The predicted octanol–water partition coefficient (Wildman–Crippen LogP) is 4.06. The van der Waals surface area contributed by atoms with Gasteiger partial charge < -0.3 is 10.2 Å². The minimum atomic E-state index is -0.332. The summed E-state index contributed by atoms with van der Waals surface area (Å²) in [7, 11) is 0. The van der Waals surface area contributed by atoms with Gasteiger partial charge in [-0.3, -0.25) is 9.59 Å². The maximum Gasteiger partial charge on any atom is 0.229 e. The van der Waals surface area contributed by atoms with Crippen molar-refractivity contribution < 1.29 is 9.59 Å². The van der Waals surface area contributed by atoms with E-state index in [1.54, 1.807) is 4.90 Å². The number of aryl methyl sites for hydroxylation is 2. The maximum atomic E-state index is 12.6. The Bertz CT molecular complexity index is 786. The molecule has 2 aromatic carbocycles. The lowest BCUT2D eigenvalue weighted by molar-refractivity contribution is -0.122. The number of amides is 2. The average molecular weight is 387 g/mol. The summed E-state index contributed by atoms with van der Waals surface area (Å²) in [5.74, 6) is -0.448. The van der Waals surface area contributed by atoms with Gasteiger partial charge in [-0.1, -0.05) is 28.1 Å². The summed E-state index contributed by atoms with van der Waals surface area (Å²) in [5.41, 5.74) is 3.75. The molecule has 0 unspecified atom stereocenters. The Kier molecular flexibility index (Phi) is 4.71. The van der Waals surface area contributed by atoms with Crippen LogP contribution in [0.25, 0.3) is 0 Å². The summed E-state index contributed by atoms with van der Waals surface area (Å²) < 4.78 is 0.960. The Morgan fingerprint density at radius 2 is 1.88 bits per heavy atom. The molecule has 0 spiro atoms. The number of anilines is 2. The van der Waals surface area contributed by atoms with E-state index in [1.807, 2.05) is 56.3 Å². The molecule has 0 aromatic heterocycles. The largest absolute Gasteiger partial charge is 0.326 e. The first-order valence-corrected chi connectivity index (χ1v) is 8.67. The van der Waals surface area contributed by atoms with Gasteiger partial charge in [0.15, 0.2) is 0 Å². The molecule has 1 heterocycles. The van der Waals surface area contributed by atoms with Crippen molar-refractivity contribution in [1.82, 2.24) is 0 Å². The molecule has 1 saturated heterocycles. The molecule has 1 atom stereocenters. The summed E-state index contributed by atoms with van der Waals surface area (Å²) in [6, 6.07) is 13.5. The Hall–Kier alpha value is -2.14. The molecule has 0 radical (unpaired) electrons. The van der Waals surface area contributed by atoms with Gasteiger partial charge >= 0.3 is 0 Å². The third-order valence-electron chi connectivity index (χ3n) is 4.29. The van der Waals surface area contributed by atoms with E-state index in [4.69, 9.17) is 0 Å². The van der Waals surface area contributed by atoms with Crippen molar-refractivity contribution in [2.24, 2.45) is 5.92 Å². The van der Waals surface area contributed by atoms with Crippen LogP contribution in [0.2, 0.25) is 0 Å². The molecule has 0 saturated carbocycles. The summed E-state index contributed by atoms with van der Waals surface area (Å²) in [5, 5.41) is 2.97. The summed E-state index contributed by atoms with van der Waals surface area (Å²) >= 11 is 3.39. The van der Waals surface area contributed by atoms with Crippen LogP contribution in [-0.4, -0.2) is 18.4 Å². The SMILES string of the molecule is Cc1ccc(C)c(NC(=O)[C@H]2CC(=O)N(c3ccc(Br)cc3)C2)c1. The molecule has 3 rings (SSSR count). The standard InChI is InChI=1S/C19H19BrN2O2/c1-12-3-4-13(2)17(9-12)21-19(24)14-10-18(23)22(11-14)16-7-5-15(20)6-8-16/h3-9,14H,10-11H2,1-2H3,(H,21,24)/t14-/m0/s1. The number of nitrogens with one attached hydrogen (secondary N) is 1. The van der Waals surface area contributed by atoms with Gasteiger partial charge in [-0.25, -0.2) is 0 Å². The molecule has 4 nitrogen and oxygen atoms in total. The first-order valence-electron chi connectivity index (χ1n) is 7.88. The summed E-state index contributed by atoms with van der Waals surface area (Å²) in [4.78, 5) is 26.5. The van der Waals surface area contributed by atoms with E-state index in [2.05, 4.69) is 21.2 Å². The first-order chi connectivity index (χ1) is 11.4. The van der Waals surface area contributed by atoms with Crippen molar-refractivity contribution >= 4 is 39.1 Å². The molecule has 1 N–H and O–H groups in total. The minimum absolute atomic E-state index is 0.0153. The van der Waals surface area contributed by atoms with Crippen LogP contribution in [0, 0.1) is 19.8 Å². The highest BCUT2D eigenvalue weighted by molar-refractivity contribution is 9.10. The van der Waals surface area contributed by atoms with Crippen molar-refractivity contribution in [2.75, 3.05) is 16.8 Å². The van der Waals surface area contributed by atoms with Crippen LogP contribution in [0.3, 0.4) is 0 Å². The molecule has 1 aliphatic heterocycles. The van der Waals surface area contributed by atoms with Gasteiger partial charge in [0.1, 0.15) is 0 Å². The molecular weight excluding hydrogens is 368 g/mol. The first kappa shape index (κ1) is 16.7. The van der Waals surface area contributed by atoms with Gasteiger partial charge in [0.2, 0.25) is 11.8 Å². The second-order valence-corrected chi connectivity index (χ2v) is 7.11. The summed E-state index contributed by atoms with van der Waals surface area (Å²) in [6.07, 6.45) is 0.243. The normalized spacial score (nSPS) is 17.2. The number of hydrogen-bond acceptors (Lipinski definition) is 2. The van der Waals surface area contributed by atoms with Crippen LogP contribution in [-0.2, 0) is 9.59 Å². The van der Waals surface area contributed by atoms with Gasteiger partial charge in [-0.2, -0.15) is 0 Å². The number of rotatable bonds is 3. The smallest absolute Gasteiger partial charge is 0.229 e. The second kappa shape index (κ2) is 6.77. The zero-order valence-corrected chi connectivity index (χ0v) is 15.3. The zero-order chi connectivity index (χ0) is 17.3. The number of carbonyl (C=O) groups excluding carboxylic acids is 2. The van der Waals surface area contributed by atoms with Crippen molar-refractivity contribution in [3.8, 4) is 0 Å². The highest BCUT2D eigenvalue weighted by atomic mass is 79.9. The lowest BCUT2D eigenvalue weighted by atomic mass is 10.1. The summed E-state index contributed by atoms with van der Waals surface area (Å²) in [6.45, 7) is 4.36. The number of hydrogen-bond donors (Lipinski definition) is 1. The van der Waals surface area contributed by atoms with Crippen LogP contribution in [0.1, 0.15) is 17.5 Å². The molecule has 124 valence electrons. The second-order valence-electron chi connectivity index (χ2n) is 6.19. The van der Waals surface area contributed by atoms with E-state index in [1.165, 1.54) is 0 Å². The van der Waals surface area contributed by atoms with E-state index in [0.717, 1.165) is 27.0 Å². The van der Waals surface area contributed by atoms with E-state index in [9.17, 15) is 9.59 Å². The highest BCUT2D eigenvalue weighted by Crippen LogP contribution is 2.27. The molecule has 5 heteroatoms. The Labute approximate surface area is 150 Å². The number of nitrogens with zero attached hydrogens (tertiary/aromatic N) is 1. The van der Waals surface area contributed by atoms with E-state index in [0.29, 0.717) is 6.54 Å². The highest BCUT2D eigenvalue weighted by Gasteiger charge is 2.35. The maximum absolute atomic E-state index is 12.6. The van der Waals surface area contributed by atoms with Gasteiger partial charge in [0, 0.05) is 28.8 Å². The molecule has 0 bridgehead atoms. The lowest BCUT2D eigenvalue weighted by Crippen LogP contribution is -2.28. The molecule has 24 heavy (non-hydrogen) atoms. The quantitative estimate of drug-likeness (QED) is 0.864. The van der Waals surface area contributed by atoms with Gasteiger partial charge in [-0.15, -0.1) is 0 Å². The lowest BCUT2D eigenvalue weighted by Gasteiger charge is -2.17. The fourth-order valence-electron chi connectivity index (χ4n) is 2.86. The topological polar surface area (TPSA) is 49.4 Å². The van der Waals surface area contributed by atoms with Crippen molar-refractivity contribution in [3.63, 3.8) is 0 Å². The Morgan fingerprint density at radius 1 is 1.17 bits per heavy atom. The zero-order valence-electron chi connectivity index (χ0n) is 13.7. The van der Waals surface area contributed by atoms with Crippen molar-refractivity contribution in [2.45, 2.75) is 20.3 Å². The van der Waals surface area contributed by atoms with E-state index in [-0.39, 0.29) is 24.2 Å². The van der Waals surface area contributed by atoms with E-state index < -0.39 is 0 Å². The molecular formula is C19H19BrN2O2. The van der Waals surface area contributed by atoms with Crippen LogP contribution in [0.15, 0.2) is 46.9 Å². The van der Waals surface area contributed by atoms with Crippen molar-refractivity contribution in [3.05, 3.63) is 58.1 Å². The van der Waals surface area contributed by atoms with Crippen LogP contribution in [0.5, 0.6) is 0 Å². The van der Waals surface area contributed by atoms with Crippen molar-refractivity contribution in [1.29, 1.82) is 0 Å². The molecule has 2 aromatic rings. The number of benzene rings is 2. The molecule has 0 aliphatic carbocycles. The van der Waals surface area contributed by atoms with Gasteiger partial charge in [0.05, 0.1) is 5.92 Å². The van der Waals surface area contributed by atoms with Crippen LogP contribution >= 0.6 is 15.9 Å². The minimum Gasteiger partial charge on any atom is -0.326 e. The van der Waals surface area contributed by atoms with Crippen LogP contribution < -0.4 is 10.2 Å². The molecule has 1 fully saturated rings. The van der Waals surface area contributed by atoms with Gasteiger partial charge in [-0.05, 0) is 55.3 Å². The van der Waals surface area contributed by atoms with Gasteiger partial charge in [0.25, 0.3) is 0 Å². The van der Waals surface area contributed by atoms with Crippen LogP contribution in [0.4, 0.5) is 11.4 Å². The number of carbonyl (C=O) groups is 2. The third kappa shape index (κ3) is 3.51. The fourth-order valence-corrected chi connectivity index (χ4v) is 3.12. The Morgan fingerprint density at radius 3 is 2.58 bits per heavy atom. The molecule has 1 aliphatic rings. The van der Waals surface area contributed by atoms with E-state index >= 15 is 0 Å². The Balaban J connectivity index is 1.72. The fraction of sp³-hybridized carbons (Fsp3) is 0.263.